The SMILES string of the molecule is Cc1cc(OCC(=O)O)ccc1NC(=O)c1cc(S(C)(=O)=O)cc(C)c1C. The van der Waals surface area contributed by atoms with Gasteiger partial charge in [0, 0.05) is 17.5 Å². The molecule has 0 aliphatic rings. The summed E-state index contributed by atoms with van der Waals surface area (Å²) in [5.74, 6) is -1.14. The van der Waals surface area contributed by atoms with Gasteiger partial charge in [-0.3, -0.25) is 4.79 Å². The summed E-state index contributed by atoms with van der Waals surface area (Å²) in [6.45, 7) is 4.79. The summed E-state index contributed by atoms with van der Waals surface area (Å²) in [5, 5.41) is 11.4. The van der Waals surface area contributed by atoms with Crippen molar-refractivity contribution in [3.05, 3.63) is 52.6 Å². The van der Waals surface area contributed by atoms with Gasteiger partial charge in [0.2, 0.25) is 0 Å². The molecule has 2 N–H and O–H groups in total. The second-order valence-electron chi connectivity index (χ2n) is 6.30. The Hall–Kier alpha value is -2.87. The molecule has 0 aromatic heterocycles. The second-order valence-corrected chi connectivity index (χ2v) is 8.31. The molecular formula is C19H21NO6S. The average Bonchev–Trinajstić information content (AvgIpc) is 2.56. The highest BCUT2D eigenvalue weighted by molar-refractivity contribution is 7.90. The molecule has 0 heterocycles. The van der Waals surface area contributed by atoms with Crippen LogP contribution in [0.25, 0.3) is 0 Å². The number of carboxylic acids is 1. The summed E-state index contributed by atoms with van der Waals surface area (Å²) in [7, 11) is -3.44. The number of hydrogen-bond acceptors (Lipinski definition) is 5. The first-order valence-electron chi connectivity index (χ1n) is 8.07. The number of hydrogen-bond donors (Lipinski definition) is 2. The minimum atomic E-state index is -3.44. The molecule has 7 nitrogen and oxygen atoms in total. The third kappa shape index (κ3) is 5.07. The topological polar surface area (TPSA) is 110 Å². The summed E-state index contributed by atoms with van der Waals surface area (Å²) in [5.41, 5.74) is 2.88. The summed E-state index contributed by atoms with van der Waals surface area (Å²) in [4.78, 5) is 23.4. The zero-order valence-electron chi connectivity index (χ0n) is 15.5. The fourth-order valence-electron chi connectivity index (χ4n) is 2.48. The van der Waals surface area contributed by atoms with E-state index in [2.05, 4.69) is 5.32 Å². The maximum atomic E-state index is 12.7. The van der Waals surface area contributed by atoms with Crippen molar-refractivity contribution in [1.29, 1.82) is 0 Å². The molecule has 2 aromatic rings. The monoisotopic (exact) mass is 391 g/mol. The van der Waals surface area contributed by atoms with Gasteiger partial charge in [-0.15, -0.1) is 0 Å². The molecule has 8 heteroatoms. The summed E-state index contributed by atoms with van der Waals surface area (Å²) < 4.78 is 28.8. The number of ether oxygens (including phenoxy) is 1. The van der Waals surface area contributed by atoms with Gasteiger partial charge >= 0.3 is 5.97 Å². The Morgan fingerprint density at radius 1 is 1.07 bits per heavy atom. The number of sulfone groups is 1. The number of carbonyl (C=O) groups is 2. The van der Waals surface area contributed by atoms with Gasteiger partial charge in [0.05, 0.1) is 4.90 Å². The molecule has 0 spiro atoms. The molecule has 0 bridgehead atoms. The molecular weight excluding hydrogens is 370 g/mol. The van der Waals surface area contributed by atoms with Crippen LogP contribution in [0.4, 0.5) is 5.69 Å². The number of rotatable bonds is 6. The lowest BCUT2D eigenvalue weighted by Crippen LogP contribution is -2.16. The number of nitrogens with one attached hydrogen (secondary N) is 1. The Balaban J connectivity index is 2.30. The minimum Gasteiger partial charge on any atom is -0.482 e. The van der Waals surface area contributed by atoms with E-state index in [-0.39, 0.29) is 10.5 Å². The van der Waals surface area contributed by atoms with E-state index in [9.17, 15) is 18.0 Å². The third-order valence-corrected chi connectivity index (χ3v) is 5.21. The molecule has 27 heavy (non-hydrogen) atoms. The van der Waals surface area contributed by atoms with Gasteiger partial charge in [-0.2, -0.15) is 0 Å². The Bertz CT molecular complexity index is 1010. The van der Waals surface area contributed by atoms with Crippen LogP contribution in [-0.4, -0.2) is 38.3 Å². The summed E-state index contributed by atoms with van der Waals surface area (Å²) in [6.07, 6.45) is 1.10. The molecule has 0 unspecified atom stereocenters. The fourth-order valence-corrected chi connectivity index (χ4v) is 3.20. The van der Waals surface area contributed by atoms with Crippen LogP contribution in [0.2, 0.25) is 0 Å². The molecule has 2 aromatic carbocycles. The largest absolute Gasteiger partial charge is 0.482 e. The van der Waals surface area contributed by atoms with E-state index in [1.165, 1.54) is 6.07 Å². The minimum absolute atomic E-state index is 0.0879. The van der Waals surface area contributed by atoms with E-state index in [1.54, 1.807) is 45.0 Å². The van der Waals surface area contributed by atoms with Crippen molar-refractivity contribution < 1.29 is 27.9 Å². The van der Waals surface area contributed by atoms with E-state index >= 15 is 0 Å². The number of benzene rings is 2. The van der Waals surface area contributed by atoms with Crippen molar-refractivity contribution in [3.63, 3.8) is 0 Å². The quantitative estimate of drug-likeness (QED) is 0.783. The van der Waals surface area contributed by atoms with Gasteiger partial charge in [0.25, 0.3) is 5.91 Å². The maximum Gasteiger partial charge on any atom is 0.341 e. The highest BCUT2D eigenvalue weighted by Crippen LogP contribution is 2.24. The number of amides is 1. The van der Waals surface area contributed by atoms with Gasteiger partial charge in [0.1, 0.15) is 5.75 Å². The molecule has 0 saturated carbocycles. The van der Waals surface area contributed by atoms with Crippen molar-refractivity contribution in [3.8, 4) is 5.75 Å². The lowest BCUT2D eigenvalue weighted by molar-refractivity contribution is -0.139. The molecule has 144 valence electrons. The first-order chi connectivity index (χ1) is 12.5. The van der Waals surface area contributed by atoms with E-state index < -0.39 is 28.3 Å². The highest BCUT2D eigenvalue weighted by atomic mass is 32.2. The Kier molecular flexibility index (Phi) is 5.90. The zero-order chi connectivity index (χ0) is 20.4. The lowest BCUT2D eigenvalue weighted by Gasteiger charge is -2.14. The first kappa shape index (κ1) is 20.4. The van der Waals surface area contributed by atoms with Crippen molar-refractivity contribution >= 4 is 27.4 Å². The van der Waals surface area contributed by atoms with Crippen LogP contribution in [0.3, 0.4) is 0 Å². The number of carbonyl (C=O) groups excluding carboxylic acids is 1. The van der Waals surface area contributed by atoms with Crippen LogP contribution >= 0.6 is 0 Å². The Morgan fingerprint density at radius 2 is 1.74 bits per heavy atom. The fraction of sp³-hybridized carbons (Fsp3) is 0.263. The Labute approximate surface area is 157 Å². The molecule has 2 rings (SSSR count). The van der Waals surface area contributed by atoms with Crippen molar-refractivity contribution in [2.45, 2.75) is 25.7 Å². The molecule has 0 saturated heterocycles. The highest BCUT2D eigenvalue weighted by Gasteiger charge is 2.17. The predicted octanol–water partition coefficient (Wildman–Crippen LogP) is 2.73. The van der Waals surface area contributed by atoms with E-state index in [0.717, 1.165) is 6.26 Å². The smallest absolute Gasteiger partial charge is 0.341 e. The lowest BCUT2D eigenvalue weighted by atomic mass is 10.0. The van der Waals surface area contributed by atoms with Crippen LogP contribution in [0.1, 0.15) is 27.0 Å². The van der Waals surface area contributed by atoms with E-state index in [0.29, 0.717) is 28.1 Å². The maximum absolute atomic E-state index is 12.7. The number of anilines is 1. The normalized spacial score (nSPS) is 11.1. The molecule has 0 radical (unpaired) electrons. The van der Waals surface area contributed by atoms with Crippen LogP contribution < -0.4 is 10.1 Å². The summed E-state index contributed by atoms with van der Waals surface area (Å²) in [6, 6.07) is 7.68. The van der Waals surface area contributed by atoms with Gasteiger partial charge in [-0.1, -0.05) is 0 Å². The van der Waals surface area contributed by atoms with E-state index in [4.69, 9.17) is 9.84 Å². The number of aryl methyl sites for hydroxylation is 2. The van der Waals surface area contributed by atoms with Crippen LogP contribution in [0, 0.1) is 20.8 Å². The molecule has 0 aliphatic heterocycles. The molecule has 0 atom stereocenters. The first-order valence-corrected chi connectivity index (χ1v) is 9.96. The number of carboxylic acid groups (broad SMARTS) is 1. The van der Waals surface area contributed by atoms with Gasteiger partial charge in [-0.05, 0) is 67.8 Å². The number of aliphatic carboxylic acids is 1. The van der Waals surface area contributed by atoms with Gasteiger partial charge < -0.3 is 15.2 Å². The van der Waals surface area contributed by atoms with E-state index in [1.807, 2.05) is 0 Å². The third-order valence-electron chi connectivity index (χ3n) is 4.12. The van der Waals surface area contributed by atoms with Crippen LogP contribution in [-0.2, 0) is 14.6 Å². The summed E-state index contributed by atoms with van der Waals surface area (Å²) >= 11 is 0. The molecule has 0 aliphatic carbocycles. The van der Waals surface area contributed by atoms with Gasteiger partial charge in [-0.25, -0.2) is 13.2 Å². The van der Waals surface area contributed by atoms with Crippen molar-refractivity contribution in [1.82, 2.24) is 0 Å². The molecule has 0 fully saturated rings. The van der Waals surface area contributed by atoms with Crippen LogP contribution in [0.5, 0.6) is 5.75 Å². The molecule has 1 amide bonds. The predicted molar refractivity (Wildman–Crippen MR) is 101 cm³/mol. The zero-order valence-corrected chi connectivity index (χ0v) is 16.3. The Morgan fingerprint density at radius 3 is 2.30 bits per heavy atom. The van der Waals surface area contributed by atoms with Crippen molar-refractivity contribution in [2.24, 2.45) is 0 Å². The second kappa shape index (κ2) is 7.79. The standard InChI is InChI=1S/C19H21NO6S/c1-11-8-15(27(4,24)25)9-16(13(11)3)19(23)20-17-6-5-14(7-12(17)2)26-10-18(21)22/h5-9H,10H2,1-4H3,(H,20,23)(H,21,22). The van der Waals surface area contributed by atoms with Gasteiger partial charge in [0.15, 0.2) is 16.4 Å². The average molecular weight is 391 g/mol. The van der Waals surface area contributed by atoms with Crippen LogP contribution in [0.15, 0.2) is 35.2 Å². The van der Waals surface area contributed by atoms with Crippen molar-refractivity contribution in [2.75, 3.05) is 18.2 Å².